The Morgan fingerprint density at radius 1 is 1.24 bits per heavy atom. The lowest BCUT2D eigenvalue weighted by molar-refractivity contribution is -0.122. The van der Waals surface area contributed by atoms with Crippen molar-refractivity contribution in [2.45, 2.75) is 19.8 Å². The topological polar surface area (TPSA) is 46.6 Å². The molecule has 5 heteroatoms. The lowest BCUT2D eigenvalue weighted by atomic mass is 9.84. The number of imide groups is 1. The van der Waals surface area contributed by atoms with Gasteiger partial charge in [-0.1, -0.05) is 15.9 Å². The second kappa shape index (κ2) is 5.30. The third-order valence-corrected chi connectivity index (χ3v) is 4.74. The van der Waals surface area contributed by atoms with Crippen LogP contribution >= 0.6 is 15.9 Å². The van der Waals surface area contributed by atoms with E-state index >= 15 is 0 Å². The Morgan fingerprint density at radius 2 is 1.95 bits per heavy atom. The molecule has 1 aliphatic carbocycles. The Morgan fingerprint density at radius 3 is 2.62 bits per heavy atom. The minimum absolute atomic E-state index is 0.0955. The minimum atomic E-state index is -0.291. The zero-order valence-corrected chi connectivity index (χ0v) is 13.5. The molecule has 1 saturated heterocycles. The van der Waals surface area contributed by atoms with Crippen molar-refractivity contribution >= 4 is 33.4 Å². The van der Waals surface area contributed by atoms with E-state index in [1.165, 1.54) is 4.90 Å². The van der Waals surface area contributed by atoms with Crippen LogP contribution in [-0.4, -0.2) is 18.9 Å². The molecule has 1 fully saturated rings. The normalized spacial score (nSPS) is 24.9. The van der Waals surface area contributed by atoms with E-state index in [-0.39, 0.29) is 23.7 Å². The van der Waals surface area contributed by atoms with Crippen molar-refractivity contribution in [3.63, 3.8) is 0 Å². The minimum Gasteiger partial charge on any atom is -0.501 e. The molecule has 0 N–H and O–H groups in total. The number of hydrogen-bond donors (Lipinski definition) is 0. The molecule has 2 atom stereocenters. The number of aryl methyl sites for hydroxylation is 1. The second-order valence-corrected chi connectivity index (χ2v) is 6.39. The number of nitrogens with zero attached hydrogens (tertiary/aromatic N) is 1. The number of rotatable bonds is 2. The van der Waals surface area contributed by atoms with Gasteiger partial charge in [-0.3, -0.25) is 9.59 Å². The molecule has 0 spiro atoms. The number of methoxy groups -OCH3 is 1. The molecule has 1 aromatic rings. The maximum absolute atomic E-state index is 12.7. The monoisotopic (exact) mass is 349 g/mol. The molecule has 0 saturated carbocycles. The third kappa shape index (κ3) is 2.29. The molecule has 0 unspecified atom stereocenters. The Hall–Kier alpha value is -1.62. The van der Waals surface area contributed by atoms with Gasteiger partial charge in [-0.25, -0.2) is 4.90 Å². The summed E-state index contributed by atoms with van der Waals surface area (Å²) in [6.07, 6.45) is 3.01. The van der Waals surface area contributed by atoms with Gasteiger partial charge in [0.2, 0.25) is 11.8 Å². The van der Waals surface area contributed by atoms with Crippen LogP contribution in [0.25, 0.3) is 0 Å². The highest BCUT2D eigenvalue weighted by molar-refractivity contribution is 9.10. The fourth-order valence-electron chi connectivity index (χ4n) is 3.11. The molecule has 2 aliphatic rings. The number of ether oxygens (including phenoxy) is 1. The van der Waals surface area contributed by atoms with Gasteiger partial charge in [0, 0.05) is 10.9 Å². The SMILES string of the molecule is COC1=CC[C@H]2C(=O)N(c3ccc(Br)cc3C)C(=O)[C@H]2C1. The number of anilines is 1. The highest BCUT2D eigenvalue weighted by Gasteiger charge is 2.49. The largest absolute Gasteiger partial charge is 0.501 e. The first-order chi connectivity index (χ1) is 10.0. The fraction of sp³-hybridized carbons (Fsp3) is 0.375. The van der Waals surface area contributed by atoms with Gasteiger partial charge in [-0.15, -0.1) is 0 Å². The Balaban J connectivity index is 1.96. The van der Waals surface area contributed by atoms with E-state index in [4.69, 9.17) is 4.74 Å². The smallest absolute Gasteiger partial charge is 0.238 e. The highest BCUT2D eigenvalue weighted by Crippen LogP contribution is 2.41. The lowest BCUT2D eigenvalue weighted by Gasteiger charge is -2.20. The molecule has 0 bridgehead atoms. The van der Waals surface area contributed by atoms with Gasteiger partial charge in [-0.05, 0) is 43.2 Å². The summed E-state index contributed by atoms with van der Waals surface area (Å²) in [5.41, 5.74) is 1.59. The van der Waals surface area contributed by atoms with Gasteiger partial charge in [0.25, 0.3) is 0 Å². The first kappa shape index (κ1) is 14.3. The van der Waals surface area contributed by atoms with E-state index in [0.717, 1.165) is 15.8 Å². The van der Waals surface area contributed by atoms with E-state index in [9.17, 15) is 9.59 Å². The average Bonchev–Trinajstić information content (AvgIpc) is 2.71. The van der Waals surface area contributed by atoms with Crippen LogP contribution in [0.3, 0.4) is 0 Å². The van der Waals surface area contributed by atoms with Crippen molar-refractivity contribution in [3.05, 3.63) is 40.1 Å². The standard InChI is InChI=1S/C16H16BrNO3/c1-9-7-10(17)3-6-14(9)18-15(19)12-5-4-11(21-2)8-13(12)16(18)20/h3-4,6-7,12-13H,5,8H2,1-2H3/t12-,13+/m1/s1. The first-order valence-electron chi connectivity index (χ1n) is 6.90. The van der Waals surface area contributed by atoms with Crippen molar-refractivity contribution in [2.24, 2.45) is 11.8 Å². The molecule has 0 radical (unpaired) electrons. The number of carbonyl (C=O) groups is 2. The molecule has 1 aliphatic heterocycles. The molecule has 0 aromatic heterocycles. The molecule has 21 heavy (non-hydrogen) atoms. The number of allylic oxidation sites excluding steroid dienone is 2. The maximum atomic E-state index is 12.7. The van der Waals surface area contributed by atoms with E-state index in [0.29, 0.717) is 18.5 Å². The lowest BCUT2D eigenvalue weighted by Crippen LogP contribution is -2.31. The third-order valence-electron chi connectivity index (χ3n) is 4.24. The summed E-state index contributed by atoms with van der Waals surface area (Å²) in [5.74, 6) is 0.0478. The van der Waals surface area contributed by atoms with Crippen molar-refractivity contribution in [3.8, 4) is 0 Å². The summed E-state index contributed by atoms with van der Waals surface area (Å²) >= 11 is 3.40. The second-order valence-electron chi connectivity index (χ2n) is 5.47. The van der Waals surface area contributed by atoms with Crippen molar-refractivity contribution in [1.29, 1.82) is 0 Å². The molecule has 3 rings (SSSR count). The van der Waals surface area contributed by atoms with Crippen LogP contribution in [0.5, 0.6) is 0 Å². The molecule has 4 nitrogen and oxygen atoms in total. The number of fused-ring (bicyclic) bond motifs is 1. The summed E-state index contributed by atoms with van der Waals surface area (Å²) in [7, 11) is 1.60. The summed E-state index contributed by atoms with van der Waals surface area (Å²) in [5, 5.41) is 0. The van der Waals surface area contributed by atoms with Crippen LogP contribution < -0.4 is 4.90 Å². The molecule has 1 heterocycles. The molecular weight excluding hydrogens is 334 g/mol. The van der Waals surface area contributed by atoms with Gasteiger partial charge in [0.05, 0.1) is 30.4 Å². The van der Waals surface area contributed by atoms with Crippen LogP contribution in [0.1, 0.15) is 18.4 Å². The van der Waals surface area contributed by atoms with Crippen molar-refractivity contribution in [1.82, 2.24) is 0 Å². The van der Waals surface area contributed by atoms with Gasteiger partial charge >= 0.3 is 0 Å². The van der Waals surface area contributed by atoms with Crippen LogP contribution in [0.4, 0.5) is 5.69 Å². The Labute approximate surface area is 131 Å². The number of benzene rings is 1. The Bertz CT molecular complexity index is 653. The molecule has 110 valence electrons. The molecule has 1 aromatic carbocycles. The predicted octanol–water partition coefficient (Wildman–Crippen LogP) is 3.19. The highest BCUT2D eigenvalue weighted by atomic mass is 79.9. The molecular formula is C16H16BrNO3. The summed E-state index contributed by atoms with van der Waals surface area (Å²) < 4.78 is 6.17. The zero-order valence-electron chi connectivity index (χ0n) is 11.9. The predicted molar refractivity (Wildman–Crippen MR) is 82.7 cm³/mol. The van der Waals surface area contributed by atoms with Gasteiger partial charge in [0.15, 0.2) is 0 Å². The zero-order chi connectivity index (χ0) is 15.1. The Kier molecular flexibility index (Phi) is 3.61. The van der Waals surface area contributed by atoms with E-state index < -0.39 is 0 Å². The maximum Gasteiger partial charge on any atom is 0.238 e. The van der Waals surface area contributed by atoms with Gasteiger partial charge in [0.1, 0.15) is 0 Å². The van der Waals surface area contributed by atoms with Crippen LogP contribution in [0.15, 0.2) is 34.5 Å². The van der Waals surface area contributed by atoms with Crippen LogP contribution in [0, 0.1) is 18.8 Å². The van der Waals surface area contributed by atoms with Crippen molar-refractivity contribution in [2.75, 3.05) is 12.0 Å². The molecule has 2 amide bonds. The quantitative estimate of drug-likeness (QED) is 0.770. The first-order valence-corrected chi connectivity index (χ1v) is 7.69. The van der Waals surface area contributed by atoms with Crippen LogP contribution in [0.2, 0.25) is 0 Å². The summed E-state index contributed by atoms with van der Waals surface area (Å²) in [4.78, 5) is 26.6. The van der Waals surface area contributed by atoms with Gasteiger partial charge < -0.3 is 4.74 Å². The summed E-state index contributed by atoms with van der Waals surface area (Å²) in [6.45, 7) is 1.90. The van der Waals surface area contributed by atoms with E-state index in [2.05, 4.69) is 15.9 Å². The number of amides is 2. The number of carbonyl (C=O) groups excluding carboxylic acids is 2. The number of hydrogen-bond acceptors (Lipinski definition) is 3. The average molecular weight is 350 g/mol. The van der Waals surface area contributed by atoms with E-state index in [1.807, 2.05) is 31.2 Å². The van der Waals surface area contributed by atoms with Crippen molar-refractivity contribution < 1.29 is 14.3 Å². The van der Waals surface area contributed by atoms with E-state index in [1.54, 1.807) is 7.11 Å². The fourth-order valence-corrected chi connectivity index (χ4v) is 3.59. The van der Waals surface area contributed by atoms with Gasteiger partial charge in [-0.2, -0.15) is 0 Å². The number of halogens is 1. The summed E-state index contributed by atoms with van der Waals surface area (Å²) in [6, 6.07) is 5.58. The van der Waals surface area contributed by atoms with Crippen LogP contribution in [-0.2, 0) is 14.3 Å².